The highest BCUT2D eigenvalue weighted by Crippen LogP contribution is 2.40. The molecule has 2 aliphatic rings. The van der Waals surface area contributed by atoms with Gasteiger partial charge in [-0.05, 0) is 104 Å². The lowest BCUT2D eigenvalue weighted by Crippen LogP contribution is -2.36. The molecule has 3 aromatic carbocycles. The van der Waals surface area contributed by atoms with E-state index in [9.17, 15) is 9.90 Å². The zero-order valence-electron chi connectivity index (χ0n) is 26.8. The molecule has 8 heteroatoms. The second-order valence-electron chi connectivity index (χ2n) is 12.6. The summed E-state index contributed by atoms with van der Waals surface area (Å²) in [7, 11) is 0. The maximum Gasteiger partial charge on any atom is 0.314 e. The summed E-state index contributed by atoms with van der Waals surface area (Å²) in [5.74, 6) is 2.46. The summed E-state index contributed by atoms with van der Waals surface area (Å²) < 4.78 is 28.2. The predicted molar refractivity (Wildman–Crippen MR) is 174 cm³/mol. The molecule has 1 saturated carbocycles. The third-order valence-electron chi connectivity index (χ3n) is 8.13. The van der Waals surface area contributed by atoms with Crippen LogP contribution in [-0.2, 0) is 9.53 Å². The molecule has 0 bridgehead atoms. The lowest BCUT2D eigenvalue weighted by atomic mass is 9.88. The van der Waals surface area contributed by atoms with Gasteiger partial charge in [0.05, 0.1) is 5.41 Å². The maximum absolute atomic E-state index is 12.1. The maximum atomic E-state index is 12.1. The van der Waals surface area contributed by atoms with Gasteiger partial charge in [0.2, 0.25) is 13.6 Å². The van der Waals surface area contributed by atoms with Gasteiger partial charge in [0.25, 0.3) is 0 Å². The largest absolute Gasteiger partial charge is 0.491 e. The van der Waals surface area contributed by atoms with Crippen molar-refractivity contribution in [1.29, 1.82) is 0 Å². The van der Waals surface area contributed by atoms with Gasteiger partial charge in [0, 0.05) is 12.6 Å². The van der Waals surface area contributed by atoms with Crippen molar-refractivity contribution >= 4 is 17.1 Å². The number of nitrogens with one attached hydrogen (secondary N) is 1. The molecule has 8 nitrogen and oxygen atoms in total. The Labute approximate surface area is 266 Å². The summed E-state index contributed by atoms with van der Waals surface area (Å²) in [6.07, 6.45) is 5.08. The van der Waals surface area contributed by atoms with Crippen molar-refractivity contribution in [3.8, 4) is 23.0 Å². The minimum absolute atomic E-state index is 0.150. The summed E-state index contributed by atoms with van der Waals surface area (Å²) in [4.78, 5) is 12.1. The third-order valence-corrected chi connectivity index (χ3v) is 8.13. The smallest absolute Gasteiger partial charge is 0.314 e. The Bertz CT molecular complexity index is 1450. The average molecular weight is 616 g/mol. The topological polar surface area (TPSA) is 95.5 Å². The number of esters is 1. The first-order chi connectivity index (χ1) is 21.7. The van der Waals surface area contributed by atoms with Gasteiger partial charge in [-0.25, -0.2) is 0 Å². The van der Waals surface area contributed by atoms with Crippen molar-refractivity contribution < 1.29 is 33.6 Å². The summed E-state index contributed by atoms with van der Waals surface area (Å²) in [5.41, 5.74) is 4.69. The predicted octanol–water partition coefficient (Wildman–Crippen LogP) is 6.98. The molecule has 0 radical (unpaired) electrons. The van der Waals surface area contributed by atoms with Crippen molar-refractivity contribution in [3.63, 3.8) is 0 Å². The number of carbonyl (C=O) groups excluding carboxylic acids is 1. The van der Waals surface area contributed by atoms with E-state index in [0.29, 0.717) is 24.1 Å². The van der Waals surface area contributed by atoms with Crippen LogP contribution in [0.5, 0.6) is 23.0 Å². The van der Waals surface area contributed by atoms with E-state index in [2.05, 4.69) is 18.3 Å². The van der Waals surface area contributed by atoms with Crippen LogP contribution in [0, 0.1) is 5.41 Å². The van der Waals surface area contributed by atoms with Gasteiger partial charge in [-0.2, -0.15) is 0 Å². The minimum atomic E-state index is -0.592. The van der Waals surface area contributed by atoms with Gasteiger partial charge >= 0.3 is 5.97 Å². The van der Waals surface area contributed by atoms with Gasteiger partial charge < -0.3 is 34.1 Å². The van der Waals surface area contributed by atoms with E-state index in [-0.39, 0.29) is 26.2 Å². The number of aliphatic hydroxyl groups is 1. The number of allylic oxidation sites excluding steroid dienone is 1. The Kier molecular flexibility index (Phi) is 10.7. The fourth-order valence-corrected chi connectivity index (χ4v) is 5.61. The first kappa shape index (κ1) is 32.4. The van der Waals surface area contributed by atoms with E-state index in [1.165, 1.54) is 25.7 Å². The number of hydrogen-bond donors (Lipinski definition) is 2. The molecule has 5 rings (SSSR count). The molecule has 45 heavy (non-hydrogen) atoms. The van der Waals surface area contributed by atoms with Crippen molar-refractivity contribution in [2.75, 3.05) is 26.7 Å². The lowest BCUT2D eigenvalue weighted by molar-refractivity contribution is -0.159. The van der Waals surface area contributed by atoms with E-state index < -0.39 is 11.5 Å². The van der Waals surface area contributed by atoms with Gasteiger partial charge in [0.1, 0.15) is 24.2 Å². The molecule has 1 aliphatic heterocycles. The fraction of sp³-hybridized carbons (Fsp3) is 0.432. The second kappa shape index (κ2) is 14.8. The number of aliphatic hydroxyl groups excluding tert-OH is 1. The van der Waals surface area contributed by atoms with Crippen molar-refractivity contribution in [3.05, 3.63) is 83.4 Å². The molecule has 3 aromatic rings. The second-order valence-corrected chi connectivity index (χ2v) is 12.6. The number of fused-ring (bicyclic) bond motifs is 1. The fourth-order valence-electron chi connectivity index (χ4n) is 5.61. The number of benzene rings is 3. The number of ether oxygens (including phenoxy) is 5. The zero-order valence-corrected chi connectivity index (χ0v) is 26.8. The van der Waals surface area contributed by atoms with Crippen LogP contribution in [0.3, 0.4) is 0 Å². The Hall–Kier alpha value is -4.01. The number of carbonyl (C=O) groups is 1. The Morgan fingerprint density at radius 3 is 2.11 bits per heavy atom. The van der Waals surface area contributed by atoms with Gasteiger partial charge in [-0.1, -0.05) is 50.1 Å². The van der Waals surface area contributed by atoms with E-state index in [4.69, 9.17) is 23.7 Å². The first-order valence-electron chi connectivity index (χ1n) is 15.9. The Balaban J connectivity index is 1.35. The molecule has 240 valence electrons. The SMILES string of the molecule is CCC(=C(c1ccc(OCOC(=O)C(C)(C)C)cc1)c1ccc(OCC(O)CNC2CCCC2)cc1)c1ccc2c(c1)OCO2. The third kappa shape index (κ3) is 8.59. The van der Waals surface area contributed by atoms with Crippen LogP contribution < -0.4 is 24.3 Å². The van der Waals surface area contributed by atoms with E-state index >= 15 is 0 Å². The molecule has 0 spiro atoms. The summed E-state index contributed by atoms with van der Waals surface area (Å²) in [6.45, 7) is 8.39. The summed E-state index contributed by atoms with van der Waals surface area (Å²) in [5, 5.41) is 13.9. The highest BCUT2D eigenvalue weighted by molar-refractivity contribution is 5.99. The van der Waals surface area contributed by atoms with Crippen LogP contribution in [0.15, 0.2) is 66.7 Å². The lowest BCUT2D eigenvalue weighted by Gasteiger charge is -2.19. The van der Waals surface area contributed by atoms with Crippen LogP contribution in [0.25, 0.3) is 11.1 Å². The monoisotopic (exact) mass is 615 g/mol. The molecule has 0 aromatic heterocycles. The van der Waals surface area contributed by atoms with Crippen LogP contribution in [0.4, 0.5) is 0 Å². The standard InChI is InChI=1S/C37H45NO7/c1-5-32(27-14-19-33-34(20-27)44-24-43-33)35(26-12-17-31(18-13-26)42-23-45-36(40)37(2,3)4)25-10-15-30(16-11-25)41-22-29(39)21-38-28-8-6-7-9-28/h10-20,28-29,38-39H,5-9,21-24H2,1-4H3. The molecule has 1 atom stereocenters. The van der Waals surface area contributed by atoms with Gasteiger partial charge in [0.15, 0.2) is 11.5 Å². The Morgan fingerprint density at radius 2 is 1.49 bits per heavy atom. The molecule has 0 saturated heterocycles. The molecular formula is C37H45NO7. The molecule has 1 heterocycles. The Morgan fingerprint density at radius 1 is 0.889 bits per heavy atom. The minimum Gasteiger partial charge on any atom is -0.491 e. The highest BCUT2D eigenvalue weighted by Gasteiger charge is 2.23. The van der Waals surface area contributed by atoms with E-state index in [1.807, 2.05) is 60.7 Å². The van der Waals surface area contributed by atoms with Crippen molar-refractivity contribution in [1.82, 2.24) is 5.32 Å². The molecule has 1 fully saturated rings. The van der Waals surface area contributed by atoms with Crippen molar-refractivity contribution in [2.45, 2.75) is 71.9 Å². The first-order valence-corrected chi connectivity index (χ1v) is 15.9. The summed E-state index contributed by atoms with van der Waals surface area (Å²) >= 11 is 0. The van der Waals surface area contributed by atoms with Crippen LogP contribution >= 0.6 is 0 Å². The quantitative estimate of drug-likeness (QED) is 0.121. The van der Waals surface area contributed by atoms with Crippen LogP contribution in [0.1, 0.15) is 76.5 Å². The summed E-state index contributed by atoms with van der Waals surface area (Å²) in [6, 6.07) is 22.3. The molecule has 0 amide bonds. The van der Waals surface area contributed by atoms with Crippen molar-refractivity contribution in [2.24, 2.45) is 5.41 Å². The van der Waals surface area contributed by atoms with Gasteiger partial charge in [-0.15, -0.1) is 0 Å². The normalized spacial score (nSPS) is 15.8. The molecular weight excluding hydrogens is 570 g/mol. The molecule has 1 aliphatic carbocycles. The number of rotatable bonds is 13. The highest BCUT2D eigenvalue weighted by atomic mass is 16.7. The van der Waals surface area contributed by atoms with E-state index in [1.54, 1.807) is 20.8 Å². The molecule has 1 unspecified atom stereocenters. The molecule has 2 N–H and O–H groups in total. The zero-order chi connectivity index (χ0) is 31.8. The number of hydrogen-bond acceptors (Lipinski definition) is 8. The van der Waals surface area contributed by atoms with Crippen LogP contribution in [0.2, 0.25) is 0 Å². The average Bonchev–Trinajstić information content (AvgIpc) is 3.74. The van der Waals surface area contributed by atoms with Crippen LogP contribution in [-0.4, -0.2) is 50.0 Å². The van der Waals surface area contributed by atoms with E-state index in [0.717, 1.165) is 45.8 Å². The van der Waals surface area contributed by atoms with Gasteiger partial charge in [-0.3, -0.25) is 4.79 Å².